The number of methoxy groups -OCH3 is 2. The SMILES string of the molecule is COc1ccc(-c2noc(CN(CCC#N)Cc3ccco3)n2)c(OC)c1. The second-order valence-electron chi connectivity index (χ2n) is 5.78. The fourth-order valence-electron chi connectivity index (χ4n) is 2.65. The van der Waals surface area contributed by atoms with Gasteiger partial charge >= 0.3 is 0 Å². The van der Waals surface area contributed by atoms with E-state index in [0.29, 0.717) is 54.8 Å². The van der Waals surface area contributed by atoms with E-state index in [9.17, 15) is 0 Å². The summed E-state index contributed by atoms with van der Waals surface area (Å²) in [6.07, 6.45) is 2.02. The van der Waals surface area contributed by atoms with Crippen molar-refractivity contribution in [3.8, 4) is 29.0 Å². The fourth-order valence-corrected chi connectivity index (χ4v) is 2.65. The van der Waals surface area contributed by atoms with Crippen LogP contribution >= 0.6 is 0 Å². The van der Waals surface area contributed by atoms with Gasteiger partial charge in [-0.2, -0.15) is 10.2 Å². The van der Waals surface area contributed by atoms with Gasteiger partial charge < -0.3 is 18.4 Å². The molecule has 0 bridgehead atoms. The number of rotatable bonds is 9. The highest BCUT2D eigenvalue weighted by molar-refractivity contribution is 5.65. The van der Waals surface area contributed by atoms with E-state index in [1.54, 1.807) is 26.5 Å². The topological polar surface area (TPSA) is 97.6 Å². The molecule has 0 atom stereocenters. The minimum Gasteiger partial charge on any atom is -0.497 e. The van der Waals surface area contributed by atoms with E-state index in [-0.39, 0.29) is 0 Å². The summed E-state index contributed by atoms with van der Waals surface area (Å²) in [6, 6.07) is 11.3. The minimum absolute atomic E-state index is 0.397. The van der Waals surface area contributed by atoms with Crippen molar-refractivity contribution < 1.29 is 18.4 Å². The van der Waals surface area contributed by atoms with Crippen molar-refractivity contribution >= 4 is 0 Å². The Kier molecular flexibility index (Phi) is 6.07. The van der Waals surface area contributed by atoms with Crippen LogP contribution in [0.4, 0.5) is 0 Å². The zero-order chi connectivity index (χ0) is 19.1. The number of benzene rings is 1. The summed E-state index contributed by atoms with van der Waals surface area (Å²) in [5.41, 5.74) is 0.711. The Morgan fingerprint density at radius 2 is 2.07 bits per heavy atom. The first-order valence-electron chi connectivity index (χ1n) is 8.40. The highest BCUT2D eigenvalue weighted by Crippen LogP contribution is 2.31. The first kappa shape index (κ1) is 18.5. The molecule has 0 spiro atoms. The van der Waals surface area contributed by atoms with Crippen LogP contribution in [0.1, 0.15) is 18.1 Å². The molecule has 0 amide bonds. The number of hydrogen-bond donors (Lipinski definition) is 0. The van der Waals surface area contributed by atoms with Crippen LogP contribution < -0.4 is 9.47 Å². The average molecular weight is 368 g/mol. The smallest absolute Gasteiger partial charge is 0.241 e. The van der Waals surface area contributed by atoms with E-state index in [0.717, 1.165) is 5.76 Å². The molecule has 27 heavy (non-hydrogen) atoms. The zero-order valence-corrected chi connectivity index (χ0v) is 15.2. The predicted molar refractivity (Wildman–Crippen MR) is 95.9 cm³/mol. The molecule has 3 aromatic rings. The Balaban J connectivity index is 1.76. The lowest BCUT2D eigenvalue weighted by Gasteiger charge is -2.17. The van der Waals surface area contributed by atoms with Crippen molar-refractivity contribution in [2.75, 3.05) is 20.8 Å². The quantitative estimate of drug-likeness (QED) is 0.568. The van der Waals surface area contributed by atoms with Gasteiger partial charge in [-0.25, -0.2) is 0 Å². The molecule has 0 aliphatic heterocycles. The standard InChI is InChI=1S/C19H20N4O4/c1-24-14-6-7-16(17(11-14)25-2)19-21-18(27-22-19)13-23(9-4-8-20)12-15-5-3-10-26-15/h3,5-7,10-11H,4,9,12-13H2,1-2H3. The van der Waals surface area contributed by atoms with E-state index in [1.807, 2.05) is 29.2 Å². The Morgan fingerprint density at radius 3 is 2.78 bits per heavy atom. The maximum atomic E-state index is 8.88. The van der Waals surface area contributed by atoms with Gasteiger partial charge in [0.2, 0.25) is 11.7 Å². The third-order valence-corrected chi connectivity index (χ3v) is 3.98. The maximum absolute atomic E-state index is 8.88. The Bertz CT molecular complexity index is 899. The third kappa shape index (κ3) is 4.65. The van der Waals surface area contributed by atoms with Crippen molar-refractivity contribution in [3.63, 3.8) is 0 Å². The van der Waals surface area contributed by atoms with Gasteiger partial charge in [0.05, 0.1) is 45.2 Å². The molecule has 3 rings (SSSR count). The summed E-state index contributed by atoms with van der Waals surface area (Å²) >= 11 is 0. The monoisotopic (exact) mass is 368 g/mol. The highest BCUT2D eigenvalue weighted by Gasteiger charge is 2.17. The molecule has 140 valence electrons. The fraction of sp³-hybridized carbons (Fsp3) is 0.316. The summed E-state index contributed by atoms with van der Waals surface area (Å²) in [4.78, 5) is 6.49. The Labute approximate surface area is 156 Å². The van der Waals surface area contributed by atoms with E-state index >= 15 is 0 Å². The minimum atomic E-state index is 0.397. The van der Waals surface area contributed by atoms with Crippen molar-refractivity contribution in [1.29, 1.82) is 5.26 Å². The maximum Gasteiger partial charge on any atom is 0.241 e. The first-order chi connectivity index (χ1) is 13.2. The molecule has 2 heterocycles. The van der Waals surface area contributed by atoms with E-state index in [4.69, 9.17) is 23.7 Å². The van der Waals surface area contributed by atoms with Crippen LogP contribution in [-0.2, 0) is 13.1 Å². The van der Waals surface area contributed by atoms with Crippen LogP contribution in [0.5, 0.6) is 11.5 Å². The van der Waals surface area contributed by atoms with Gasteiger partial charge in [0.25, 0.3) is 0 Å². The lowest BCUT2D eigenvalue weighted by molar-refractivity contribution is 0.208. The summed E-state index contributed by atoms with van der Waals surface area (Å²) in [5, 5.41) is 12.9. The van der Waals surface area contributed by atoms with E-state index < -0.39 is 0 Å². The Morgan fingerprint density at radius 1 is 1.19 bits per heavy atom. The summed E-state index contributed by atoms with van der Waals surface area (Å²) in [5.74, 6) is 2.97. The molecule has 0 radical (unpaired) electrons. The van der Waals surface area contributed by atoms with Crippen LogP contribution in [0.25, 0.3) is 11.4 Å². The molecule has 2 aromatic heterocycles. The number of furan rings is 1. The van der Waals surface area contributed by atoms with Gasteiger partial charge in [-0.15, -0.1) is 0 Å². The number of nitrogens with zero attached hydrogens (tertiary/aromatic N) is 4. The molecule has 0 saturated carbocycles. The second-order valence-corrected chi connectivity index (χ2v) is 5.78. The summed E-state index contributed by atoms with van der Waals surface area (Å²) < 4.78 is 21.4. The van der Waals surface area contributed by atoms with Gasteiger partial charge in [-0.05, 0) is 24.3 Å². The molecular formula is C19H20N4O4. The molecule has 8 nitrogen and oxygen atoms in total. The number of nitriles is 1. The lowest BCUT2D eigenvalue weighted by Crippen LogP contribution is -2.23. The number of ether oxygens (including phenoxy) is 2. The molecule has 0 N–H and O–H groups in total. The van der Waals surface area contributed by atoms with Gasteiger partial charge in [0, 0.05) is 19.0 Å². The van der Waals surface area contributed by atoms with Gasteiger partial charge in [-0.3, -0.25) is 4.90 Å². The number of aromatic nitrogens is 2. The number of hydrogen-bond acceptors (Lipinski definition) is 8. The van der Waals surface area contributed by atoms with Crippen LogP contribution in [0.2, 0.25) is 0 Å². The third-order valence-electron chi connectivity index (χ3n) is 3.98. The zero-order valence-electron chi connectivity index (χ0n) is 15.2. The van der Waals surface area contributed by atoms with Gasteiger partial charge in [0.15, 0.2) is 0 Å². The van der Waals surface area contributed by atoms with Crippen molar-refractivity contribution in [3.05, 3.63) is 48.2 Å². The van der Waals surface area contributed by atoms with Crippen LogP contribution in [-0.4, -0.2) is 35.8 Å². The second kappa shape index (κ2) is 8.87. The lowest BCUT2D eigenvalue weighted by atomic mass is 10.2. The van der Waals surface area contributed by atoms with Crippen LogP contribution in [0, 0.1) is 11.3 Å². The van der Waals surface area contributed by atoms with Crippen molar-refractivity contribution in [2.45, 2.75) is 19.5 Å². The molecule has 0 fully saturated rings. The molecule has 0 saturated heterocycles. The first-order valence-corrected chi connectivity index (χ1v) is 8.40. The van der Waals surface area contributed by atoms with Crippen molar-refractivity contribution in [2.24, 2.45) is 0 Å². The van der Waals surface area contributed by atoms with E-state index in [2.05, 4.69) is 16.2 Å². The Hall–Kier alpha value is -3.31. The largest absolute Gasteiger partial charge is 0.497 e. The summed E-state index contributed by atoms with van der Waals surface area (Å²) in [6.45, 7) is 1.53. The molecule has 8 heteroatoms. The predicted octanol–water partition coefficient (Wildman–Crippen LogP) is 3.26. The van der Waals surface area contributed by atoms with Gasteiger partial charge in [-0.1, -0.05) is 5.16 Å². The molecule has 1 aromatic carbocycles. The van der Waals surface area contributed by atoms with Crippen LogP contribution in [0.3, 0.4) is 0 Å². The molecular weight excluding hydrogens is 348 g/mol. The van der Waals surface area contributed by atoms with E-state index in [1.165, 1.54) is 0 Å². The molecule has 0 unspecified atom stereocenters. The average Bonchev–Trinajstić information content (AvgIpc) is 3.37. The van der Waals surface area contributed by atoms with Gasteiger partial charge in [0.1, 0.15) is 17.3 Å². The molecule has 0 aliphatic rings. The van der Waals surface area contributed by atoms with Crippen molar-refractivity contribution in [1.82, 2.24) is 15.0 Å². The summed E-state index contributed by atoms with van der Waals surface area (Å²) in [7, 11) is 3.17. The normalized spacial score (nSPS) is 10.7. The van der Waals surface area contributed by atoms with Crippen LogP contribution in [0.15, 0.2) is 45.5 Å². The highest BCUT2D eigenvalue weighted by atomic mass is 16.5. The molecule has 0 aliphatic carbocycles.